The fourth-order valence-electron chi connectivity index (χ4n) is 0.755. The molecule has 0 spiro atoms. The largest absolute Gasteiger partial charge is 0.475 e. The minimum Gasteiger partial charge on any atom is -0.394 e. The third-order valence-electron chi connectivity index (χ3n) is 1.02. The van der Waals surface area contributed by atoms with Crippen molar-refractivity contribution < 1.29 is 23.2 Å². The first-order chi connectivity index (χ1) is 6.39. The fraction of sp³-hybridized carbons (Fsp3) is 1.00. The Kier molecular flexibility index (Phi) is 6.57. The molecule has 0 saturated carbocycles. The Morgan fingerprint density at radius 1 is 1.14 bits per heavy atom. The van der Waals surface area contributed by atoms with Gasteiger partial charge in [-0.1, -0.05) is 0 Å². The van der Waals surface area contributed by atoms with E-state index in [2.05, 4.69) is 0 Å². The van der Waals surface area contributed by atoms with Crippen LogP contribution in [0.4, 0.5) is 0 Å². The monoisotopic (exact) mass is 226 g/mol. The van der Waals surface area contributed by atoms with E-state index in [0.717, 1.165) is 0 Å². The molecule has 5 nitrogen and oxygen atoms in total. The normalized spacial score (nSPS) is 12.8. The molecule has 0 aromatic carbocycles. The molecular weight excluding hydrogens is 207 g/mol. The Morgan fingerprint density at radius 3 is 1.86 bits per heavy atom. The van der Waals surface area contributed by atoms with Crippen molar-refractivity contribution >= 4 is 7.82 Å². The van der Waals surface area contributed by atoms with Crippen LogP contribution in [-0.2, 0) is 18.1 Å². The first-order valence-electron chi connectivity index (χ1n) is 4.62. The van der Waals surface area contributed by atoms with Crippen molar-refractivity contribution in [1.82, 2.24) is 0 Å². The molecule has 0 aliphatic carbocycles. The van der Waals surface area contributed by atoms with Crippen LogP contribution in [-0.4, -0.2) is 30.5 Å². The first kappa shape index (κ1) is 14.1. The molecule has 0 aromatic heterocycles. The summed E-state index contributed by atoms with van der Waals surface area (Å²) in [6.07, 6.45) is -0.503. The van der Waals surface area contributed by atoms with Gasteiger partial charge in [-0.05, 0) is 27.7 Å². The summed E-state index contributed by atoms with van der Waals surface area (Å²) in [6.45, 7) is 6.66. The quantitative estimate of drug-likeness (QED) is 0.672. The van der Waals surface area contributed by atoms with E-state index in [1.54, 1.807) is 27.7 Å². The predicted octanol–water partition coefficient (Wildman–Crippen LogP) is 1.95. The van der Waals surface area contributed by atoms with Gasteiger partial charge in [0.1, 0.15) is 0 Å². The molecule has 0 fully saturated rings. The molecular formula is C8H19O5P. The minimum atomic E-state index is -3.51. The van der Waals surface area contributed by atoms with E-state index in [9.17, 15) is 4.57 Å². The molecule has 0 saturated heterocycles. The van der Waals surface area contributed by atoms with Gasteiger partial charge < -0.3 is 5.11 Å². The summed E-state index contributed by atoms with van der Waals surface area (Å²) in [5, 5.41) is 8.54. The molecule has 0 bridgehead atoms. The van der Waals surface area contributed by atoms with Gasteiger partial charge in [0.15, 0.2) is 0 Å². The average Bonchev–Trinajstić information content (AvgIpc) is 1.97. The highest BCUT2D eigenvalue weighted by Gasteiger charge is 2.29. The van der Waals surface area contributed by atoms with E-state index >= 15 is 0 Å². The van der Waals surface area contributed by atoms with Crippen LogP contribution < -0.4 is 0 Å². The van der Waals surface area contributed by atoms with Gasteiger partial charge in [0.05, 0.1) is 25.4 Å². The lowest BCUT2D eigenvalue weighted by Gasteiger charge is -2.21. The van der Waals surface area contributed by atoms with Crippen LogP contribution in [0.2, 0.25) is 0 Å². The maximum absolute atomic E-state index is 11.8. The molecule has 86 valence electrons. The lowest BCUT2D eigenvalue weighted by Crippen LogP contribution is -2.11. The Morgan fingerprint density at radius 2 is 1.57 bits per heavy atom. The van der Waals surface area contributed by atoms with Gasteiger partial charge >= 0.3 is 7.82 Å². The Labute approximate surface area is 85.0 Å². The summed E-state index contributed by atoms with van der Waals surface area (Å²) in [5.74, 6) is 0. The van der Waals surface area contributed by atoms with E-state index in [1.165, 1.54) is 0 Å². The molecule has 6 heteroatoms. The fourth-order valence-corrected chi connectivity index (χ4v) is 2.26. The van der Waals surface area contributed by atoms with Crippen molar-refractivity contribution in [2.45, 2.75) is 39.9 Å². The van der Waals surface area contributed by atoms with Crippen LogP contribution in [0.15, 0.2) is 0 Å². The van der Waals surface area contributed by atoms with Crippen LogP contribution >= 0.6 is 7.82 Å². The summed E-state index contributed by atoms with van der Waals surface area (Å²) in [4.78, 5) is 0. The molecule has 0 heterocycles. The third kappa shape index (κ3) is 6.51. The number of aliphatic hydroxyl groups is 1. The van der Waals surface area contributed by atoms with Gasteiger partial charge in [-0.3, -0.25) is 13.6 Å². The standard InChI is InChI=1S/C8H19O5P/c1-7(2)12-14(10,11-6-5-9)13-8(3)4/h7-9H,5-6H2,1-4H3. The first-order valence-corrected chi connectivity index (χ1v) is 6.08. The molecule has 0 aliphatic rings. The molecule has 0 atom stereocenters. The Hall–Kier alpha value is 0.0700. The molecule has 14 heavy (non-hydrogen) atoms. The highest BCUT2D eigenvalue weighted by atomic mass is 31.2. The van der Waals surface area contributed by atoms with Crippen molar-refractivity contribution in [3.8, 4) is 0 Å². The van der Waals surface area contributed by atoms with Crippen molar-refractivity contribution in [1.29, 1.82) is 0 Å². The van der Waals surface area contributed by atoms with E-state index in [1.807, 2.05) is 0 Å². The van der Waals surface area contributed by atoms with E-state index < -0.39 is 7.82 Å². The minimum absolute atomic E-state index is 0.0588. The third-order valence-corrected chi connectivity index (χ3v) is 2.88. The molecule has 0 aliphatic heterocycles. The highest BCUT2D eigenvalue weighted by molar-refractivity contribution is 7.48. The molecule has 0 radical (unpaired) electrons. The van der Waals surface area contributed by atoms with Gasteiger partial charge in [-0.15, -0.1) is 0 Å². The molecule has 1 N–H and O–H groups in total. The predicted molar refractivity (Wildman–Crippen MR) is 53.1 cm³/mol. The van der Waals surface area contributed by atoms with Gasteiger partial charge in [-0.25, -0.2) is 4.57 Å². The molecule has 0 unspecified atom stereocenters. The average molecular weight is 226 g/mol. The van der Waals surface area contributed by atoms with E-state index in [-0.39, 0.29) is 25.4 Å². The number of aliphatic hydroxyl groups excluding tert-OH is 1. The summed E-state index contributed by atoms with van der Waals surface area (Å²) >= 11 is 0. The maximum Gasteiger partial charge on any atom is 0.475 e. The second-order valence-electron chi connectivity index (χ2n) is 3.31. The lowest BCUT2D eigenvalue weighted by atomic mass is 10.5. The number of phosphoric acid groups is 1. The summed E-state index contributed by atoms with van der Waals surface area (Å²) < 4.78 is 26.8. The van der Waals surface area contributed by atoms with Crippen molar-refractivity contribution in [3.63, 3.8) is 0 Å². The molecule has 0 rings (SSSR count). The van der Waals surface area contributed by atoms with Crippen molar-refractivity contribution in [2.75, 3.05) is 13.2 Å². The van der Waals surface area contributed by atoms with Gasteiger partial charge in [0.2, 0.25) is 0 Å². The smallest absolute Gasteiger partial charge is 0.394 e. The summed E-state index contributed by atoms with van der Waals surface area (Å²) in [7, 11) is -3.51. The van der Waals surface area contributed by atoms with Gasteiger partial charge in [0.25, 0.3) is 0 Å². The highest BCUT2D eigenvalue weighted by Crippen LogP contribution is 2.51. The zero-order valence-corrected chi connectivity index (χ0v) is 9.99. The second-order valence-corrected chi connectivity index (χ2v) is 4.89. The molecule has 0 amide bonds. The van der Waals surface area contributed by atoms with E-state index in [0.29, 0.717) is 0 Å². The number of hydrogen-bond acceptors (Lipinski definition) is 5. The zero-order valence-electron chi connectivity index (χ0n) is 9.10. The SMILES string of the molecule is CC(C)OP(=O)(OCCO)OC(C)C. The molecule has 0 aromatic rings. The number of rotatable bonds is 7. The Balaban J connectivity index is 4.26. The van der Waals surface area contributed by atoms with Crippen LogP contribution in [0.1, 0.15) is 27.7 Å². The van der Waals surface area contributed by atoms with E-state index in [4.69, 9.17) is 18.7 Å². The van der Waals surface area contributed by atoms with Gasteiger partial charge in [-0.2, -0.15) is 0 Å². The maximum atomic E-state index is 11.8. The van der Waals surface area contributed by atoms with Crippen LogP contribution in [0.3, 0.4) is 0 Å². The Bertz CT molecular complexity index is 178. The number of hydrogen-bond donors (Lipinski definition) is 1. The van der Waals surface area contributed by atoms with Crippen molar-refractivity contribution in [2.24, 2.45) is 0 Å². The topological polar surface area (TPSA) is 65.0 Å². The summed E-state index contributed by atoms with van der Waals surface area (Å²) in [5.41, 5.74) is 0. The van der Waals surface area contributed by atoms with Crippen LogP contribution in [0, 0.1) is 0 Å². The summed E-state index contributed by atoms with van der Waals surface area (Å²) in [6, 6.07) is 0. The van der Waals surface area contributed by atoms with Crippen LogP contribution in [0.5, 0.6) is 0 Å². The van der Waals surface area contributed by atoms with Gasteiger partial charge in [0, 0.05) is 0 Å². The second kappa shape index (κ2) is 6.53. The lowest BCUT2D eigenvalue weighted by molar-refractivity contribution is 0.0621. The van der Waals surface area contributed by atoms with Crippen molar-refractivity contribution in [3.05, 3.63) is 0 Å². The number of phosphoric ester groups is 1. The van der Waals surface area contributed by atoms with Crippen LogP contribution in [0.25, 0.3) is 0 Å². The zero-order chi connectivity index (χ0) is 11.2.